The SMILES string of the molecule is COc1ccccc1CN(CCCN1CCCCC1C)C(=O)c1cccs1. The van der Waals surface area contributed by atoms with Crippen LogP contribution in [0.25, 0.3) is 0 Å². The molecular formula is C22H30N2O2S. The predicted octanol–water partition coefficient (Wildman–Crippen LogP) is 4.66. The molecule has 1 aliphatic heterocycles. The van der Waals surface area contributed by atoms with Crippen molar-refractivity contribution in [2.24, 2.45) is 0 Å². The molecule has 1 aliphatic rings. The second-order valence-corrected chi connectivity index (χ2v) is 8.20. The molecule has 0 radical (unpaired) electrons. The minimum absolute atomic E-state index is 0.114. The maximum absolute atomic E-state index is 13.0. The Labute approximate surface area is 166 Å². The fourth-order valence-electron chi connectivity index (χ4n) is 3.80. The highest BCUT2D eigenvalue weighted by molar-refractivity contribution is 7.12. The van der Waals surface area contributed by atoms with Crippen molar-refractivity contribution in [3.63, 3.8) is 0 Å². The van der Waals surface area contributed by atoms with E-state index < -0.39 is 0 Å². The molecule has 1 atom stereocenters. The summed E-state index contributed by atoms with van der Waals surface area (Å²) >= 11 is 1.51. The van der Waals surface area contributed by atoms with E-state index in [0.717, 1.165) is 35.7 Å². The standard InChI is InChI=1S/C22H30N2O2S/c1-18-9-5-6-13-23(18)14-8-15-24(22(25)21-12-7-16-27-21)17-19-10-3-4-11-20(19)26-2/h3-4,7,10-12,16,18H,5-6,8-9,13-15,17H2,1-2H3. The monoisotopic (exact) mass is 386 g/mol. The topological polar surface area (TPSA) is 32.8 Å². The smallest absolute Gasteiger partial charge is 0.264 e. The molecule has 146 valence electrons. The van der Waals surface area contributed by atoms with Gasteiger partial charge >= 0.3 is 0 Å². The van der Waals surface area contributed by atoms with Gasteiger partial charge < -0.3 is 14.5 Å². The first kappa shape index (κ1) is 19.9. The fraction of sp³-hybridized carbons (Fsp3) is 0.500. The molecule has 5 heteroatoms. The van der Waals surface area contributed by atoms with Crippen LogP contribution < -0.4 is 4.74 Å². The van der Waals surface area contributed by atoms with E-state index >= 15 is 0 Å². The van der Waals surface area contributed by atoms with E-state index in [1.54, 1.807) is 7.11 Å². The Bertz CT molecular complexity index is 717. The molecule has 1 unspecified atom stereocenters. The van der Waals surface area contributed by atoms with Gasteiger partial charge in [-0.1, -0.05) is 30.7 Å². The third kappa shape index (κ3) is 5.33. The number of hydrogen-bond donors (Lipinski definition) is 0. The molecule has 0 spiro atoms. The van der Waals surface area contributed by atoms with Gasteiger partial charge in [-0.05, 0) is 50.2 Å². The summed E-state index contributed by atoms with van der Waals surface area (Å²) in [7, 11) is 1.68. The van der Waals surface area contributed by atoms with Crippen LogP contribution >= 0.6 is 11.3 Å². The number of benzene rings is 1. The van der Waals surface area contributed by atoms with E-state index in [2.05, 4.69) is 11.8 Å². The first-order valence-corrected chi connectivity index (χ1v) is 10.8. The highest BCUT2D eigenvalue weighted by Crippen LogP contribution is 2.22. The van der Waals surface area contributed by atoms with Gasteiger partial charge in [0.25, 0.3) is 5.91 Å². The van der Waals surface area contributed by atoms with Crippen molar-refractivity contribution >= 4 is 17.2 Å². The largest absolute Gasteiger partial charge is 0.496 e. The summed E-state index contributed by atoms with van der Waals surface area (Å²) in [6.07, 6.45) is 4.92. The maximum atomic E-state index is 13.0. The first-order valence-electron chi connectivity index (χ1n) is 9.87. The van der Waals surface area contributed by atoms with Gasteiger partial charge in [0.2, 0.25) is 0 Å². The molecule has 1 aromatic carbocycles. The number of ether oxygens (including phenoxy) is 1. The molecule has 3 rings (SSSR count). The Morgan fingerprint density at radius 2 is 2.11 bits per heavy atom. The van der Waals surface area contributed by atoms with Crippen LogP contribution in [0.5, 0.6) is 5.75 Å². The summed E-state index contributed by atoms with van der Waals surface area (Å²) in [6.45, 7) is 5.91. The lowest BCUT2D eigenvalue weighted by Gasteiger charge is -2.34. The number of hydrogen-bond acceptors (Lipinski definition) is 4. The number of rotatable bonds is 8. The average Bonchev–Trinajstić information content (AvgIpc) is 3.23. The molecule has 4 nitrogen and oxygen atoms in total. The lowest BCUT2D eigenvalue weighted by molar-refractivity contribution is 0.0730. The number of thiophene rings is 1. The number of carbonyl (C=O) groups excluding carboxylic acids is 1. The van der Waals surface area contributed by atoms with Gasteiger partial charge in [0.15, 0.2) is 0 Å². The number of para-hydroxylation sites is 1. The summed E-state index contributed by atoms with van der Waals surface area (Å²) in [5, 5.41) is 1.96. The summed E-state index contributed by atoms with van der Waals surface area (Å²) in [6, 6.07) is 12.5. The zero-order valence-corrected chi connectivity index (χ0v) is 17.2. The van der Waals surface area contributed by atoms with Crippen molar-refractivity contribution in [1.82, 2.24) is 9.80 Å². The second kappa shape index (κ2) is 9.90. The zero-order chi connectivity index (χ0) is 19.1. The van der Waals surface area contributed by atoms with Crippen LogP contribution in [0.2, 0.25) is 0 Å². The first-order chi connectivity index (χ1) is 13.2. The number of piperidine rings is 1. The Balaban J connectivity index is 1.67. The molecule has 1 fully saturated rings. The van der Waals surface area contributed by atoms with Crippen molar-refractivity contribution in [2.75, 3.05) is 26.7 Å². The number of nitrogens with zero attached hydrogens (tertiary/aromatic N) is 2. The Hall–Kier alpha value is -1.85. The fourth-order valence-corrected chi connectivity index (χ4v) is 4.49. The van der Waals surface area contributed by atoms with Crippen LogP contribution in [0.4, 0.5) is 0 Å². The van der Waals surface area contributed by atoms with Crippen LogP contribution in [0, 0.1) is 0 Å². The van der Waals surface area contributed by atoms with Crippen LogP contribution in [0.3, 0.4) is 0 Å². The van der Waals surface area contributed by atoms with Gasteiger partial charge in [0.05, 0.1) is 12.0 Å². The van der Waals surface area contributed by atoms with E-state index in [1.165, 1.54) is 37.1 Å². The van der Waals surface area contributed by atoms with Crippen molar-refractivity contribution in [3.05, 3.63) is 52.2 Å². The van der Waals surface area contributed by atoms with Crippen molar-refractivity contribution in [2.45, 2.75) is 45.2 Å². The van der Waals surface area contributed by atoms with E-state index in [4.69, 9.17) is 4.74 Å². The van der Waals surface area contributed by atoms with Crippen LogP contribution in [0.15, 0.2) is 41.8 Å². The Morgan fingerprint density at radius 1 is 1.26 bits per heavy atom. The molecule has 1 aromatic heterocycles. The highest BCUT2D eigenvalue weighted by Gasteiger charge is 2.21. The second-order valence-electron chi connectivity index (χ2n) is 7.25. The number of methoxy groups -OCH3 is 1. The maximum Gasteiger partial charge on any atom is 0.264 e. The van der Waals surface area contributed by atoms with Crippen LogP contribution in [-0.4, -0.2) is 48.5 Å². The van der Waals surface area contributed by atoms with Crippen molar-refractivity contribution in [1.29, 1.82) is 0 Å². The Kier molecular flexibility index (Phi) is 7.30. The van der Waals surface area contributed by atoms with Gasteiger partial charge in [0, 0.05) is 31.2 Å². The predicted molar refractivity (Wildman–Crippen MR) is 112 cm³/mol. The third-order valence-electron chi connectivity index (χ3n) is 5.39. The van der Waals surface area contributed by atoms with E-state index in [-0.39, 0.29) is 5.91 Å². The van der Waals surface area contributed by atoms with Gasteiger partial charge in [-0.15, -0.1) is 11.3 Å². The van der Waals surface area contributed by atoms with Gasteiger partial charge in [0.1, 0.15) is 5.75 Å². The molecule has 0 N–H and O–H groups in total. The van der Waals surface area contributed by atoms with Gasteiger partial charge in [-0.25, -0.2) is 0 Å². The molecule has 1 amide bonds. The van der Waals surface area contributed by atoms with Crippen LogP contribution in [-0.2, 0) is 6.54 Å². The average molecular weight is 387 g/mol. The number of likely N-dealkylation sites (tertiary alicyclic amines) is 1. The highest BCUT2D eigenvalue weighted by atomic mass is 32.1. The lowest BCUT2D eigenvalue weighted by atomic mass is 10.0. The molecule has 1 saturated heterocycles. The van der Waals surface area contributed by atoms with Crippen LogP contribution in [0.1, 0.15) is 47.8 Å². The van der Waals surface area contributed by atoms with E-state index in [9.17, 15) is 4.79 Å². The third-order valence-corrected chi connectivity index (χ3v) is 6.24. The molecular weight excluding hydrogens is 356 g/mol. The summed E-state index contributed by atoms with van der Waals surface area (Å²) in [5.74, 6) is 0.953. The van der Waals surface area contributed by atoms with Crippen molar-refractivity contribution < 1.29 is 9.53 Å². The van der Waals surface area contributed by atoms with Gasteiger partial charge in [-0.3, -0.25) is 4.79 Å². The lowest BCUT2D eigenvalue weighted by Crippen LogP contribution is -2.40. The molecule has 0 aliphatic carbocycles. The summed E-state index contributed by atoms with van der Waals surface area (Å²) in [4.78, 5) is 18.4. The summed E-state index contributed by atoms with van der Waals surface area (Å²) < 4.78 is 5.49. The Morgan fingerprint density at radius 3 is 2.85 bits per heavy atom. The zero-order valence-electron chi connectivity index (χ0n) is 16.4. The molecule has 2 heterocycles. The number of carbonyl (C=O) groups is 1. The molecule has 27 heavy (non-hydrogen) atoms. The molecule has 0 saturated carbocycles. The minimum atomic E-state index is 0.114. The normalized spacial score (nSPS) is 17.6. The summed E-state index contributed by atoms with van der Waals surface area (Å²) in [5.41, 5.74) is 1.05. The van der Waals surface area contributed by atoms with Crippen molar-refractivity contribution in [3.8, 4) is 5.75 Å². The quantitative estimate of drug-likeness (QED) is 0.661. The number of amides is 1. The van der Waals surface area contributed by atoms with Gasteiger partial charge in [-0.2, -0.15) is 0 Å². The molecule has 0 bridgehead atoms. The molecule has 2 aromatic rings. The van der Waals surface area contributed by atoms with E-state index in [1.807, 2.05) is 46.7 Å². The van der Waals surface area contributed by atoms with E-state index in [0.29, 0.717) is 12.6 Å². The minimum Gasteiger partial charge on any atom is -0.496 e.